The van der Waals surface area contributed by atoms with Crippen LogP contribution in [0.5, 0.6) is 5.75 Å². The summed E-state index contributed by atoms with van der Waals surface area (Å²) in [5, 5.41) is 14.0. The number of anilines is 1. The molecule has 2 aliphatic rings. The van der Waals surface area contributed by atoms with Gasteiger partial charge in [0.15, 0.2) is 0 Å². The maximum atomic E-state index is 6.60. The highest BCUT2D eigenvalue weighted by molar-refractivity contribution is 7.98. The minimum absolute atomic E-state index is 0.265. The fraction of sp³-hybridized carbons (Fsp3) is 0.312. The SMILES string of the molecule is CSc1ncn(-c2ccc(N3CCNCC3)c(-c3ccc(OCC4COC(Cn5cncn5)(c5ccc(Cl)cc5Cl)O4)cc3)c2)n1. The molecule has 0 amide bonds. The number of aromatic nitrogens is 6. The number of nitrogens with one attached hydrogen (secondary N) is 1. The zero-order valence-electron chi connectivity index (χ0n) is 25.1. The molecule has 2 unspecified atom stereocenters. The molecule has 4 heterocycles. The van der Waals surface area contributed by atoms with E-state index in [9.17, 15) is 0 Å². The Labute approximate surface area is 280 Å². The molecule has 14 heteroatoms. The Bertz CT molecular complexity index is 1780. The first-order chi connectivity index (χ1) is 22.5. The number of hydrogen-bond donors (Lipinski definition) is 1. The van der Waals surface area contributed by atoms with Crippen molar-refractivity contribution in [3.8, 4) is 22.6 Å². The van der Waals surface area contributed by atoms with Crippen LogP contribution in [-0.4, -0.2) is 81.3 Å². The molecule has 2 aliphatic heterocycles. The molecule has 2 fully saturated rings. The average molecular weight is 680 g/mol. The third-order valence-corrected chi connectivity index (χ3v) is 9.09. The molecule has 2 aromatic heterocycles. The molecule has 2 saturated heterocycles. The molecule has 3 aromatic carbocycles. The van der Waals surface area contributed by atoms with Crippen LogP contribution in [0.3, 0.4) is 0 Å². The van der Waals surface area contributed by atoms with Crippen molar-refractivity contribution in [3.05, 3.63) is 95.3 Å². The first kappa shape index (κ1) is 31.0. The Balaban J connectivity index is 1.09. The highest BCUT2D eigenvalue weighted by atomic mass is 35.5. The van der Waals surface area contributed by atoms with Crippen LogP contribution in [0, 0.1) is 0 Å². The summed E-state index contributed by atoms with van der Waals surface area (Å²) in [5.74, 6) is -0.439. The molecule has 11 nitrogen and oxygen atoms in total. The smallest absolute Gasteiger partial charge is 0.217 e. The summed E-state index contributed by atoms with van der Waals surface area (Å²) in [6, 6.07) is 19.9. The number of halogens is 2. The van der Waals surface area contributed by atoms with E-state index in [-0.39, 0.29) is 19.3 Å². The number of thioether (sulfide) groups is 1. The van der Waals surface area contributed by atoms with Gasteiger partial charge in [0.25, 0.3) is 0 Å². The maximum absolute atomic E-state index is 6.60. The molecule has 5 aromatic rings. The summed E-state index contributed by atoms with van der Waals surface area (Å²) in [6.07, 6.45) is 6.46. The predicted octanol–water partition coefficient (Wildman–Crippen LogP) is 5.31. The third-order valence-electron chi connectivity index (χ3n) is 7.99. The zero-order valence-corrected chi connectivity index (χ0v) is 27.4. The lowest BCUT2D eigenvalue weighted by atomic mass is 10.0. The number of benzene rings is 3. The van der Waals surface area contributed by atoms with E-state index in [1.165, 1.54) is 23.8 Å². The Hall–Kier alpha value is -3.65. The van der Waals surface area contributed by atoms with Gasteiger partial charge in [-0.3, -0.25) is 0 Å². The van der Waals surface area contributed by atoms with Crippen molar-refractivity contribution in [3.63, 3.8) is 0 Å². The molecule has 0 aliphatic carbocycles. The van der Waals surface area contributed by atoms with Crippen molar-refractivity contribution < 1.29 is 14.2 Å². The number of ether oxygens (including phenoxy) is 3. The third kappa shape index (κ3) is 6.59. The summed E-state index contributed by atoms with van der Waals surface area (Å²) >= 11 is 14.3. The lowest BCUT2D eigenvalue weighted by Crippen LogP contribution is -2.43. The van der Waals surface area contributed by atoms with Gasteiger partial charge in [-0.15, -0.1) is 5.10 Å². The molecule has 2 atom stereocenters. The van der Waals surface area contributed by atoms with Crippen LogP contribution in [-0.2, 0) is 21.8 Å². The topological polar surface area (TPSA) is 104 Å². The number of hydrogen-bond acceptors (Lipinski definition) is 10. The van der Waals surface area contributed by atoms with E-state index in [4.69, 9.17) is 37.4 Å². The monoisotopic (exact) mass is 678 g/mol. The minimum Gasteiger partial charge on any atom is -0.491 e. The van der Waals surface area contributed by atoms with Gasteiger partial charge in [0, 0.05) is 48.0 Å². The van der Waals surface area contributed by atoms with Crippen LogP contribution in [0.15, 0.2) is 84.8 Å². The summed E-state index contributed by atoms with van der Waals surface area (Å²) in [6.45, 7) is 4.65. The second kappa shape index (κ2) is 13.6. The molecule has 46 heavy (non-hydrogen) atoms. The highest BCUT2D eigenvalue weighted by Gasteiger charge is 2.45. The molecule has 0 saturated carbocycles. The van der Waals surface area contributed by atoms with Gasteiger partial charge in [-0.05, 0) is 54.3 Å². The van der Waals surface area contributed by atoms with Gasteiger partial charge < -0.3 is 24.4 Å². The van der Waals surface area contributed by atoms with Crippen molar-refractivity contribution in [1.29, 1.82) is 0 Å². The van der Waals surface area contributed by atoms with Crippen molar-refractivity contribution in [2.75, 3.05) is 50.5 Å². The van der Waals surface area contributed by atoms with Gasteiger partial charge in [-0.2, -0.15) is 5.10 Å². The van der Waals surface area contributed by atoms with Crippen LogP contribution in [0.4, 0.5) is 5.69 Å². The van der Waals surface area contributed by atoms with Crippen LogP contribution in [0.1, 0.15) is 5.56 Å². The fourth-order valence-corrected chi connectivity index (χ4v) is 6.62. The number of nitrogens with zero attached hydrogens (tertiary/aromatic N) is 7. The van der Waals surface area contributed by atoms with Gasteiger partial charge in [0.05, 0.1) is 17.3 Å². The Morgan fingerprint density at radius 3 is 2.63 bits per heavy atom. The van der Waals surface area contributed by atoms with E-state index < -0.39 is 5.79 Å². The van der Waals surface area contributed by atoms with Gasteiger partial charge in [-0.25, -0.2) is 19.3 Å². The van der Waals surface area contributed by atoms with Gasteiger partial charge in [-0.1, -0.05) is 53.2 Å². The molecule has 0 bridgehead atoms. The van der Waals surface area contributed by atoms with Crippen LogP contribution in [0.25, 0.3) is 16.8 Å². The van der Waals surface area contributed by atoms with E-state index in [0.29, 0.717) is 22.2 Å². The highest BCUT2D eigenvalue weighted by Crippen LogP contribution is 2.41. The van der Waals surface area contributed by atoms with Crippen LogP contribution < -0.4 is 15.0 Å². The second-order valence-corrected chi connectivity index (χ2v) is 12.6. The molecule has 0 spiro atoms. The van der Waals surface area contributed by atoms with Crippen LogP contribution >= 0.6 is 35.0 Å². The van der Waals surface area contributed by atoms with Crippen molar-refractivity contribution >= 4 is 40.7 Å². The van der Waals surface area contributed by atoms with Crippen molar-refractivity contribution in [2.24, 2.45) is 0 Å². The van der Waals surface area contributed by atoms with Crippen LogP contribution in [0.2, 0.25) is 10.0 Å². The van der Waals surface area contributed by atoms with E-state index in [2.05, 4.69) is 60.7 Å². The Morgan fingerprint density at radius 1 is 1.04 bits per heavy atom. The number of rotatable bonds is 10. The van der Waals surface area contributed by atoms with E-state index in [1.807, 2.05) is 29.1 Å². The summed E-state index contributed by atoms with van der Waals surface area (Å²) < 4.78 is 22.5. The van der Waals surface area contributed by atoms with E-state index in [1.54, 1.807) is 29.5 Å². The average Bonchev–Trinajstić information content (AvgIpc) is 3.87. The fourth-order valence-electron chi connectivity index (χ4n) is 5.75. The molecule has 1 N–H and O–H groups in total. The maximum Gasteiger partial charge on any atom is 0.217 e. The summed E-state index contributed by atoms with van der Waals surface area (Å²) in [4.78, 5) is 10.9. The number of piperazine rings is 1. The molecule has 7 rings (SSSR count). The molecular formula is C32H32Cl2N8O3S. The van der Waals surface area contributed by atoms with Crippen molar-refractivity contribution in [2.45, 2.75) is 23.6 Å². The predicted molar refractivity (Wildman–Crippen MR) is 178 cm³/mol. The van der Waals surface area contributed by atoms with Gasteiger partial charge >= 0.3 is 0 Å². The minimum atomic E-state index is -1.17. The summed E-state index contributed by atoms with van der Waals surface area (Å²) in [5.41, 5.74) is 5.01. The summed E-state index contributed by atoms with van der Waals surface area (Å²) in [7, 11) is 0. The van der Waals surface area contributed by atoms with Gasteiger partial charge in [0.2, 0.25) is 10.9 Å². The molecule has 0 radical (unpaired) electrons. The lowest BCUT2D eigenvalue weighted by molar-refractivity contribution is -0.190. The molecular weight excluding hydrogens is 647 g/mol. The van der Waals surface area contributed by atoms with E-state index in [0.717, 1.165) is 53.9 Å². The Morgan fingerprint density at radius 2 is 1.89 bits per heavy atom. The van der Waals surface area contributed by atoms with Gasteiger partial charge in [0.1, 0.15) is 44.0 Å². The zero-order chi connectivity index (χ0) is 31.5. The second-order valence-electron chi connectivity index (χ2n) is 11.0. The normalized spacial score (nSPS) is 19.9. The largest absolute Gasteiger partial charge is 0.491 e. The first-order valence-corrected chi connectivity index (χ1v) is 16.9. The Kier molecular flexibility index (Phi) is 9.16. The van der Waals surface area contributed by atoms with E-state index >= 15 is 0 Å². The lowest BCUT2D eigenvalue weighted by Gasteiger charge is -2.31. The first-order valence-electron chi connectivity index (χ1n) is 14.9. The molecule has 238 valence electrons. The quantitative estimate of drug-likeness (QED) is 0.195. The van der Waals surface area contributed by atoms with Crippen molar-refractivity contribution in [1.82, 2.24) is 34.8 Å². The standard InChI is InChI=1S/C32H32Cl2N8O3S/c1-46-31-37-21-42(39-31)24-5-9-30(40-12-10-35-11-13-40)27(15-24)22-2-6-25(7-3-22)43-16-26-17-44-32(45-26,18-41-20-36-19-38-41)28-8-4-23(33)14-29(28)34/h2-9,14-15,19-21,26,35H,10-13,16-18H2,1H3.